The number of aromatic amines is 1. The first-order valence-electron chi connectivity index (χ1n) is 2.85. The maximum atomic E-state index is 10.8. The molecule has 52 valence electrons. The van der Waals surface area contributed by atoms with Gasteiger partial charge in [-0.1, -0.05) is 6.58 Å². The third-order valence-corrected chi connectivity index (χ3v) is 1.18. The van der Waals surface area contributed by atoms with Crippen LogP contribution in [0.1, 0.15) is 5.69 Å². The van der Waals surface area contributed by atoms with Gasteiger partial charge in [0.15, 0.2) is 0 Å². The van der Waals surface area contributed by atoms with Crippen LogP contribution in [0.3, 0.4) is 0 Å². The van der Waals surface area contributed by atoms with Gasteiger partial charge in [-0.2, -0.15) is 0 Å². The summed E-state index contributed by atoms with van der Waals surface area (Å²) in [5, 5.41) is 0. The van der Waals surface area contributed by atoms with E-state index in [0.29, 0.717) is 5.69 Å². The summed E-state index contributed by atoms with van der Waals surface area (Å²) in [7, 11) is 0. The minimum absolute atomic E-state index is 0.227. The first-order valence-corrected chi connectivity index (χ1v) is 2.85. The van der Waals surface area contributed by atoms with Crippen molar-refractivity contribution in [3.05, 3.63) is 34.8 Å². The lowest BCUT2D eigenvalue weighted by molar-refractivity contribution is 1.22. The van der Waals surface area contributed by atoms with Crippen LogP contribution < -0.4 is 11.3 Å². The molecule has 0 saturated carbocycles. The van der Waals surface area contributed by atoms with Gasteiger partial charge < -0.3 is 10.7 Å². The molecule has 1 rings (SSSR count). The monoisotopic (exact) mass is 136 g/mol. The van der Waals surface area contributed by atoms with Crippen LogP contribution in [0.4, 0.5) is 5.69 Å². The molecule has 3 nitrogen and oxygen atoms in total. The van der Waals surface area contributed by atoms with E-state index < -0.39 is 0 Å². The lowest BCUT2D eigenvalue weighted by atomic mass is 10.3. The molecule has 0 bridgehead atoms. The number of pyridine rings is 1. The lowest BCUT2D eigenvalue weighted by Crippen LogP contribution is -2.11. The van der Waals surface area contributed by atoms with Gasteiger partial charge in [-0.25, -0.2) is 0 Å². The fourth-order valence-electron chi connectivity index (χ4n) is 0.619. The van der Waals surface area contributed by atoms with Crippen molar-refractivity contribution in [1.29, 1.82) is 0 Å². The lowest BCUT2D eigenvalue weighted by Gasteiger charge is -1.92. The minimum atomic E-state index is -0.266. The summed E-state index contributed by atoms with van der Waals surface area (Å²) < 4.78 is 0. The molecule has 1 aromatic heterocycles. The summed E-state index contributed by atoms with van der Waals surface area (Å²) in [6, 6.07) is 3.25. The number of hydrogen-bond donors (Lipinski definition) is 2. The van der Waals surface area contributed by atoms with Gasteiger partial charge in [-0.15, -0.1) is 0 Å². The van der Waals surface area contributed by atoms with Gasteiger partial charge in [0.05, 0.1) is 5.69 Å². The standard InChI is InChI=1S/C7H8N2O/c1-2-5-3-4-6(8)7(10)9-5/h2-4H,1,8H2,(H,9,10). The topological polar surface area (TPSA) is 58.9 Å². The van der Waals surface area contributed by atoms with Crippen LogP contribution in [0.15, 0.2) is 23.5 Å². The molecule has 3 heteroatoms. The Labute approximate surface area is 58.2 Å². The second-order valence-corrected chi connectivity index (χ2v) is 1.90. The summed E-state index contributed by atoms with van der Waals surface area (Å²) >= 11 is 0. The summed E-state index contributed by atoms with van der Waals surface area (Å²) in [4.78, 5) is 13.3. The van der Waals surface area contributed by atoms with E-state index in [1.807, 2.05) is 0 Å². The maximum absolute atomic E-state index is 10.8. The van der Waals surface area contributed by atoms with Crippen molar-refractivity contribution in [2.45, 2.75) is 0 Å². The molecule has 0 aliphatic heterocycles. The minimum Gasteiger partial charge on any atom is -0.394 e. The largest absolute Gasteiger partial charge is 0.394 e. The quantitative estimate of drug-likeness (QED) is 0.594. The summed E-state index contributed by atoms with van der Waals surface area (Å²) in [5.74, 6) is 0. The Balaban J connectivity index is 3.30. The molecule has 1 heterocycles. The zero-order valence-electron chi connectivity index (χ0n) is 5.42. The van der Waals surface area contributed by atoms with Crippen molar-refractivity contribution in [3.8, 4) is 0 Å². The normalized spacial score (nSPS) is 9.20. The second-order valence-electron chi connectivity index (χ2n) is 1.90. The van der Waals surface area contributed by atoms with E-state index in [9.17, 15) is 4.79 Å². The van der Waals surface area contributed by atoms with E-state index in [1.165, 1.54) is 0 Å². The average Bonchev–Trinajstić information content (AvgIpc) is 1.95. The highest BCUT2D eigenvalue weighted by molar-refractivity contribution is 5.45. The third kappa shape index (κ3) is 1.07. The molecule has 0 aromatic carbocycles. The molecular formula is C7H8N2O. The van der Waals surface area contributed by atoms with Gasteiger partial charge in [-0.05, 0) is 18.2 Å². The zero-order valence-corrected chi connectivity index (χ0v) is 5.42. The van der Waals surface area contributed by atoms with E-state index in [0.717, 1.165) is 0 Å². The molecule has 0 radical (unpaired) electrons. The SMILES string of the molecule is C=Cc1ccc(N)c(=O)[nH]1. The highest BCUT2D eigenvalue weighted by atomic mass is 16.1. The first kappa shape index (κ1) is 6.61. The van der Waals surface area contributed by atoms with Crippen molar-refractivity contribution < 1.29 is 0 Å². The smallest absolute Gasteiger partial charge is 0.271 e. The van der Waals surface area contributed by atoms with Crippen LogP contribution in [-0.2, 0) is 0 Å². The summed E-state index contributed by atoms with van der Waals surface area (Å²) in [6.07, 6.45) is 1.56. The highest BCUT2D eigenvalue weighted by Crippen LogP contribution is 1.95. The van der Waals surface area contributed by atoms with E-state index >= 15 is 0 Å². The highest BCUT2D eigenvalue weighted by Gasteiger charge is 1.91. The molecule has 10 heavy (non-hydrogen) atoms. The van der Waals surface area contributed by atoms with Crippen molar-refractivity contribution in [2.24, 2.45) is 0 Å². The number of H-pyrrole nitrogens is 1. The Hall–Kier alpha value is -1.51. The number of nitrogen functional groups attached to an aromatic ring is 1. The molecule has 0 saturated heterocycles. The molecule has 0 unspecified atom stereocenters. The van der Waals surface area contributed by atoms with Crippen molar-refractivity contribution in [3.63, 3.8) is 0 Å². The van der Waals surface area contributed by atoms with Crippen LogP contribution >= 0.6 is 0 Å². The Bertz CT molecular complexity index is 301. The van der Waals surface area contributed by atoms with Gasteiger partial charge in [0, 0.05) is 5.69 Å². The van der Waals surface area contributed by atoms with Crippen molar-refractivity contribution in [1.82, 2.24) is 4.98 Å². The number of hydrogen-bond acceptors (Lipinski definition) is 2. The number of rotatable bonds is 1. The number of aromatic nitrogens is 1. The summed E-state index contributed by atoms with van der Waals surface area (Å²) in [5.41, 5.74) is 5.91. The van der Waals surface area contributed by atoms with Crippen LogP contribution in [0.25, 0.3) is 6.08 Å². The maximum Gasteiger partial charge on any atom is 0.271 e. The van der Waals surface area contributed by atoms with Crippen molar-refractivity contribution >= 4 is 11.8 Å². The predicted molar refractivity (Wildman–Crippen MR) is 41.6 cm³/mol. The Kier molecular flexibility index (Phi) is 1.58. The van der Waals surface area contributed by atoms with E-state index in [1.54, 1.807) is 18.2 Å². The molecule has 0 amide bonds. The fourth-order valence-corrected chi connectivity index (χ4v) is 0.619. The van der Waals surface area contributed by atoms with E-state index in [4.69, 9.17) is 5.73 Å². The number of anilines is 1. The van der Waals surface area contributed by atoms with Gasteiger partial charge in [0.25, 0.3) is 5.56 Å². The number of nitrogens with one attached hydrogen (secondary N) is 1. The molecule has 0 aliphatic rings. The fraction of sp³-hybridized carbons (Fsp3) is 0. The zero-order chi connectivity index (χ0) is 7.56. The molecule has 1 aromatic rings. The Morgan fingerprint density at radius 3 is 2.80 bits per heavy atom. The molecule has 0 fully saturated rings. The second kappa shape index (κ2) is 2.39. The van der Waals surface area contributed by atoms with E-state index in [-0.39, 0.29) is 11.2 Å². The van der Waals surface area contributed by atoms with Crippen LogP contribution in [0, 0.1) is 0 Å². The van der Waals surface area contributed by atoms with Gasteiger partial charge in [0.1, 0.15) is 0 Å². The molecule has 0 spiro atoms. The molecule has 3 N–H and O–H groups in total. The predicted octanol–water partition coefficient (Wildman–Crippen LogP) is 0.600. The Morgan fingerprint density at radius 2 is 2.30 bits per heavy atom. The average molecular weight is 136 g/mol. The molecule has 0 atom stereocenters. The van der Waals surface area contributed by atoms with Gasteiger partial charge >= 0.3 is 0 Å². The van der Waals surface area contributed by atoms with Gasteiger partial charge in [-0.3, -0.25) is 4.79 Å². The van der Waals surface area contributed by atoms with Crippen LogP contribution in [0.5, 0.6) is 0 Å². The number of nitrogens with two attached hydrogens (primary N) is 1. The third-order valence-electron chi connectivity index (χ3n) is 1.18. The molecule has 0 aliphatic carbocycles. The Morgan fingerprint density at radius 1 is 1.60 bits per heavy atom. The van der Waals surface area contributed by atoms with Crippen LogP contribution in [0.2, 0.25) is 0 Å². The molecular weight excluding hydrogens is 128 g/mol. The first-order chi connectivity index (χ1) is 4.74. The summed E-state index contributed by atoms with van der Waals surface area (Å²) in [6.45, 7) is 3.49. The van der Waals surface area contributed by atoms with E-state index in [2.05, 4.69) is 11.6 Å². The van der Waals surface area contributed by atoms with Crippen LogP contribution in [-0.4, -0.2) is 4.98 Å². The van der Waals surface area contributed by atoms with Crippen molar-refractivity contribution in [2.75, 3.05) is 5.73 Å². The van der Waals surface area contributed by atoms with Gasteiger partial charge in [0.2, 0.25) is 0 Å².